The molecule has 12 nitrogen and oxygen atoms in total. The SMILES string of the molecule is NC(N)=Nc1ccc(C(=O)Oc2ccc3nc(C(=O)N(CC(=O)O)Cc4ccccc4CC(=O)O)ccc3c2)cc1. The number of hydrogen-bond donors (Lipinski definition) is 4. The first kappa shape index (κ1) is 28.2. The molecule has 0 fully saturated rings. The van der Waals surface area contributed by atoms with Crippen LogP contribution in [-0.2, 0) is 22.6 Å². The molecule has 208 valence electrons. The summed E-state index contributed by atoms with van der Waals surface area (Å²) in [6.07, 6.45) is -0.268. The van der Waals surface area contributed by atoms with Gasteiger partial charge in [-0.25, -0.2) is 14.8 Å². The first-order valence-electron chi connectivity index (χ1n) is 12.2. The Hall–Kier alpha value is -5.78. The number of nitrogens with zero attached hydrogens (tertiary/aromatic N) is 3. The van der Waals surface area contributed by atoms with Crippen molar-refractivity contribution in [3.05, 3.63) is 101 Å². The summed E-state index contributed by atoms with van der Waals surface area (Å²) in [6.45, 7) is -0.724. The van der Waals surface area contributed by atoms with Crippen molar-refractivity contribution in [2.45, 2.75) is 13.0 Å². The monoisotopic (exact) mass is 555 g/mol. The number of carboxylic acids is 2. The lowest BCUT2D eigenvalue weighted by atomic mass is 10.0. The fourth-order valence-corrected chi connectivity index (χ4v) is 4.05. The number of guanidine groups is 1. The fraction of sp³-hybridized carbons (Fsp3) is 0.103. The summed E-state index contributed by atoms with van der Waals surface area (Å²) in [4.78, 5) is 58.0. The van der Waals surface area contributed by atoms with Crippen LogP contribution in [0.3, 0.4) is 0 Å². The van der Waals surface area contributed by atoms with Gasteiger partial charge in [0.05, 0.1) is 23.2 Å². The second-order valence-electron chi connectivity index (χ2n) is 8.92. The van der Waals surface area contributed by atoms with Gasteiger partial charge in [-0.2, -0.15) is 0 Å². The molecule has 4 rings (SSSR count). The minimum absolute atomic E-state index is 0.0000697. The molecular weight excluding hydrogens is 530 g/mol. The summed E-state index contributed by atoms with van der Waals surface area (Å²) in [5, 5.41) is 19.2. The Morgan fingerprint density at radius 2 is 1.56 bits per heavy atom. The summed E-state index contributed by atoms with van der Waals surface area (Å²) < 4.78 is 5.46. The third-order valence-electron chi connectivity index (χ3n) is 5.89. The zero-order valence-corrected chi connectivity index (χ0v) is 21.6. The molecule has 4 aromatic rings. The highest BCUT2D eigenvalue weighted by Gasteiger charge is 2.22. The quantitative estimate of drug-likeness (QED) is 0.0976. The number of ether oxygens (including phenoxy) is 1. The molecule has 1 aromatic heterocycles. The maximum absolute atomic E-state index is 13.3. The maximum Gasteiger partial charge on any atom is 0.343 e. The third-order valence-corrected chi connectivity index (χ3v) is 5.89. The summed E-state index contributed by atoms with van der Waals surface area (Å²) in [6, 6.07) is 20.5. The predicted molar refractivity (Wildman–Crippen MR) is 149 cm³/mol. The molecule has 12 heteroatoms. The van der Waals surface area contributed by atoms with Crippen molar-refractivity contribution in [1.29, 1.82) is 0 Å². The van der Waals surface area contributed by atoms with Crippen LogP contribution in [-0.4, -0.2) is 56.4 Å². The molecule has 0 spiro atoms. The van der Waals surface area contributed by atoms with Gasteiger partial charge in [-0.05, 0) is 59.7 Å². The summed E-state index contributed by atoms with van der Waals surface area (Å²) in [5.41, 5.74) is 12.9. The summed E-state index contributed by atoms with van der Waals surface area (Å²) >= 11 is 0. The van der Waals surface area contributed by atoms with E-state index in [-0.39, 0.29) is 35.9 Å². The zero-order valence-electron chi connectivity index (χ0n) is 21.6. The number of amides is 1. The van der Waals surface area contributed by atoms with Gasteiger partial charge in [0.1, 0.15) is 18.0 Å². The van der Waals surface area contributed by atoms with E-state index in [1.54, 1.807) is 54.6 Å². The molecule has 0 unspecified atom stereocenters. The van der Waals surface area contributed by atoms with E-state index >= 15 is 0 Å². The van der Waals surface area contributed by atoms with Crippen LogP contribution in [0.15, 0.2) is 83.9 Å². The Morgan fingerprint density at radius 3 is 2.22 bits per heavy atom. The summed E-state index contributed by atoms with van der Waals surface area (Å²) in [5.74, 6) is -3.38. The van der Waals surface area contributed by atoms with Gasteiger partial charge in [0.2, 0.25) is 0 Å². The van der Waals surface area contributed by atoms with Gasteiger partial charge in [0.25, 0.3) is 5.91 Å². The predicted octanol–water partition coefficient (Wildman–Crippen LogP) is 2.71. The van der Waals surface area contributed by atoms with E-state index in [1.165, 1.54) is 24.3 Å². The molecule has 0 aliphatic rings. The number of carboxylic acid groups (broad SMARTS) is 2. The maximum atomic E-state index is 13.3. The van der Waals surface area contributed by atoms with Crippen molar-refractivity contribution in [1.82, 2.24) is 9.88 Å². The lowest BCUT2D eigenvalue weighted by Crippen LogP contribution is -2.36. The van der Waals surface area contributed by atoms with Gasteiger partial charge in [-0.3, -0.25) is 14.4 Å². The fourth-order valence-electron chi connectivity index (χ4n) is 4.05. The number of benzene rings is 3. The van der Waals surface area contributed by atoms with Crippen LogP contribution < -0.4 is 16.2 Å². The molecule has 0 saturated heterocycles. The molecule has 0 aliphatic heterocycles. The number of aliphatic carboxylic acids is 2. The van der Waals surface area contributed by atoms with Crippen molar-refractivity contribution < 1.29 is 34.1 Å². The lowest BCUT2D eigenvalue weighted by Gasteiger charge is -2.22. The van der Waals surface area contributed by atoms with Crippen LogP contribution in [0.5, 0.6) is 5.75 Å². The van der Waals surface area contributed by atoms with Crippen molar-refractivity contribution in [3.8, 4) is 5.75 Å². The number of fused-ring (bicyclic) bond motifs is 1. The van der Waals surface area contributed by atoms with Gasteiger partial charge in [-0.15, -0.1) is 0 Å². The second-order valence-corrected chi connectivity index (χ2v) is 8.92. The molecule has 0 atom stereocenters. The Kier molecular flexibility index (Phi) is 8.53. The van der Waals surface area contributed by atoms with Crippen LogP contribution >= 0.6 is 0 Å². The average Bonchev–Trinajstić information content (AvgIpc) is 2.92. The molecule has 0 aliphatic carbocycles. The van der Waals surface area contributed by atoms with Gasteiger partial charge < -0.3 is 31.3 Å². The van der Waals surface area contributed by atoms with Gasteiger partial charge in [0, 0.05) is 11.9 Å². The second kappa shape index (κ2) is 12.4. The van der Waals surface area contributed by atoms with E-state index in [1.807, 2.05) is 0 Å². The van der Waals surface area contributed by atoms with E-state index in [0.717, 1.165) is 4.90 Å². The molecule has 0 radical (unpaired) electrons. The van der Waals surface area contributed by atoms with E-state index in [0.29, 0.717) is 27.7 Å². The van der Waals surface area contributed by atoms with Gasteiger partial charge in [0.15, 0.2) is 5.96 Å². The Balaban J connectivity index is 1.52. The first-order chi connectivity index (χ1) is 19.6. The highest BCUT2D eigenvalue weighted by atomic mass is 16.5. The lowest BCUT2D eigenvalue weighted by molar-refractivity contribution is -0.138. The number of esters is 1. The molecule has 0 saturated carbocycles. The highest BCUT2D eigenvalue weighted by Crippen LogP contribution is 2.23. The number of pyridine rings is 1. The van der Waals surface area contributed by atoms with E-state index < -0.39 is 30.4 Å². The van der Waals surface area contributed by atoms with Crippen LogP contribution in [0.25, 0.3) is 10.9 Å². The van der Waals surface area contributed by atoms with Crippen molar-refractivity contribution in [2.24, 2.45) is 16.5 Å². The standard InChI is InChI=1S/C29H25N5O7/c30-29(31)32-21-8-5-17(6-9-21)28(40)41-22-10-12-23-19(13-22)7-11-24(33-23)27(39)34(16-26(37)38)15-20-4-2-1-3-18(20)14-25(35)36/h1-13H,14-16H2,(H,35,36)(H,37,38)(H4,30,31,32). The van der Waals surface area contributed by atoms with E-state index in [2.05, 4.69) is 9.98 Å². The number of carbonyl (C=O) groups is 4. The van der Waals surface area contributed by atoms with Crippen LogP contribution in [0.4, 0.5) is 5.69 Å². The topological polar surface area (TPSA) is 198 Å². The Labute approximate surface area is 233 Å². The first-order valence-corrected chi connectivity index (χ1v) is 12.2. The molecule has 41 heavy (non-hydrogen) atoms. The molecule has 0 bridgehead atoms. The van der Waals surface area contributed by atoms with Crippen molar-refractivity contribution >= 4 is 46.4 Å². The number of nitrogens with two attached hydrogens (primary N) is 2. The van der Waals surface area contributed by atoms with Crippen LogP contribution in [0.1, 0.15) is 32.0 Å². The average molecular weight is 556 g/mol. The molecule has 3 aromatic carbocycles. The largest absolute Gasteiger partial charge is 0.481 e. The normalized spacial score (nSPS) is 10.5. The molecule has 6 N–H and O–H groups in total. The molecular formula is C29H25N5O7. The van der Waals surface area contributed by atoms with Crippen molar-refractivity contribution in [2.75, 3.05) is 6.54 Å². The minimum atomic E-state index is -1.23. The number of rotatable bonds is 10. The zero-order chi connectivity index (χ0) is 29.5. The van der Waals surface area contributed by atoms with Crippen LogP contribution in [0.2, 0.25) is 0 Å². The Bertz CT molecular complexity index is 1660. The molecule has 1 amide bonds. The number of aromatic nitrogens is 1. The minimum Gasteiger partial charge on any atom is -0.481 e. The highest BCUT2D eigenvalue weighted by molar-refractivity contribution is 5.97. The van der Waals surface area contributed by atoms with Gasteiger partial charge in [-0.1, -0.05) is 30.3 Å². The molecule has 1 heterocycles. The number of aliphatic imine (C=N–C) groups is 1. The number of hydrogen-bond acceptors (Lipinski definition) is 7. The van der Waals surface area contributed by atoms with Crippen LogP contribution in [0, 0.1) is 0 Å². The smallest absolute Gasteiger partial charge is 0.343 e. The third kappa shape index (κ3) is 7.41. The van der Waals surface area contributed by atoms with E-state index in [4.69, 9.17) is 16.2 Å². The van der Waals surface area contributed by atoms with Gasteiger partial charge >= 0.3 is 17.9 Å². The Morgan fingerprint density at radius 1 is 0.854 bits per heavy atom. The van der Waals surface area contributed by atoms with Crippen molar-refractivity contribution in [3.63, 3.8) is 0 Å². The van der Waals surface area contributed by atoms with E-state index in [9.17, 15) is 29.4 Å². The number of carbonyl (C=O) groups excluding carboxylic acids is 2. The summed E-state index contributed by atoms with van der Waals surface area (Å²) in [7, 11) is 0.